The first-order chi connectivity index (χ1) is 12.3. The van der Waals surface area contributed by atoms with Crippen LogP contribution in [-0.4, -0.2) is 63.7 Å². The van der Waals surface area contributed by atoms with Gasteiger partial charge in [0.15, 0.2) is 17.9 Å². The fraction of sp³-hybridized carbons (Fsp3) is 0.850. The molecule has 2 rings (SSSR count). The minimum Gasteiger partial charge on any atom is -0.396 e. The number of ether oxygens (including phenoxy) is 2. The highest BCUT2D eigenvalue weighted by Crippen LogP contribution is 2.53. The Balaban J connectivity index is 1.85. The van der Waals surface area contributed by atoms with E-state index in [1.807, 2.05) is 6.08 Å². The molecule has 27 heavy (non-hydrogen) atoms. The second-order valence-corrected chi connectivity index (χ2v) is 9.43. The number of aliphatic hydroxyl groups excluding tert-OH is 3. The van der Waals surface area contributed by atoms with Crippen LogP contribution in [0.15, 0.2) is 12.2 Å². The van der Waals surface area contributed by atoms with E-state index in [1.54, 1.807) is 6.08 Å². The Labute approximate surface area is 161 Å². The molecule has 156 valence electrons. The fourth-order valence-electron chi connectivity index (χ4n) is 4.45. The minimum atomic E-state index is -1.74. The summed E-state index contributed by atoms with van der Waals surface area (Å²) in [7, 11) is 0. The Morgan fingerprint density at radius 2 is 1.85 bits per heavy atom. The Bertz CT molecular complexity index is 571. The van der Waals surface area contributed by atoms with Crippen LogP contribution in [0, 0.1) is 22.7 Å². The normalized spacial score (nSPS) is 36.7. The molecule has 6 atom stereocenters. The van der Waals surface area contributed by atoms with Crippen LogP contribution in [0.5, 0.6) is 0 Å². The maximum atomic E-state index is 11.2. The number of aliphatic hydroxyl groups is 4. The number of ketones is 1. The highest BCUT2D eigenvalue weighted by atomic mass is 16.8. The summed E-state index contributed by atoms with van der Waals surface area (Å²) in [5.41, 5.74) is -0.200. The van der Waals surface area contributed by atoms with E-state index in [-0.39, 0.29) is 16.6 Å². The van der Waals surface area contributed by atoms with E-state index in [2.05, 4.69) is 27.7 Å². The van der Waals surface area contributed by atoms with E-state index in [0.717, 1.165) is 12.8 Å². The van der Waals surface area contributed by atoms with Gasteiger partial charge in [-0.05, 0) is 36.7 Å². The van der Waals surface area contributed by atoms with Crippen LogP contribution >= 0.6 is 0 Å². The molecule has 7 heteroatoms. The molecule has 7 nitrogen and oxygen atoms in total. The molecule has 6 unspecified atom stereocenters. The standard InChI is InChI=1S/C20H34O7/c1-12(22)6-7-18(2,3)11-19(4,5)8-9-26-17-14-16(24)15(23)13(10-21)20(14,25)27-17/h6-7,13-17,21,23-25H,8-11H2,1-5H3. The van der Waals surface area contributed by atoms with Crippen molar-refractivity contribution < 1.29 is 34.7 Å². The quantitative estimate of drug-likeness (QED) is 0.437. The lowest BCUT2D eigenvalue weighted by molar-refractivity contribution is -0.438. The summed E-state index contributed by atoms with van der Waals surface area (Å²) < 4.78 is 11.1. The van der Waals surface area contributed by atoms with E-state index >= 15 is 0 Å². The number of rotatable bonds is 9. The Morgan fingerprint density at radius 3 is 2.41 bits per heavy atom. The summed E-state index contributed by atoms with van der Waals surface area (Å²) in [4.78, 5) is 11.2. The van der Waals surface area contributed by atoms with E-state index in [4.69, 9.17) is 9.47 Å². The van der Waals surface area contributed by atoms with Crippen LogP contribution in [0.4, 0.5) is 0 Å². The molecule has 2 fully saturated rings. The van der Waals surface area contributed by atoms with Gasteiger partial charge in [0, 0.05) is 0 Å². The second-order valence-electron chi connectivity index (χ2n) is 9.43. The predicted molar refractivity (Wildman–Crippen MR) is 98.5 cm³/mol. The molecular weight excluding hydrogens is 352 g/mol. The molecule has 0 radical (unpaired) electrons. The summed E-state index contributed by atoms with van der Waals surface area (Å²) in [6.45, 7) is 9.81. The highest BCUT2D eigenvalue weighted by molar-refractivity contribution is 5.87. The van der Waals surface area contributed by atoms with Gasteiger partial charge in [-0.25, -0.2) is 0 Å². The first-order valence-corrected chi connectivity index (χ1v) is 9.51. The Kier molecular flexibility index (Phi) is 6.56. The third-order valence-corrected chi connectivity index (χ3v) is 5.70. The van der Waals surface area contributed by atoms with Crippen molar-refractivity contribution in [2.75, 3.05) is 13.2 Å². The van der Waals surface area contributed by atoms with Crippen molar-refractivity contribution in [3.63, 3.8) is 0 Å². The molecule has 1 aliphatic heterocycles. The number of fused-ring (bicyclic) bond motifs is 1. The van der Waals surface area contributed by atoms with Gasteiger partial charge in [-0.1, -0.05) is 33.8 Å². The van der Waals surface area contributed by atoms with Gasteiger partial charge in [-0.15, -0.1) is 0 Å². The van der Waals surface area contributed by atoms with Crippen LogP contribution < -0.4 is 0 Å². The van der Waals surface area contributed by atoms with Crippen molar-refractivity contribution in [1.29, 1.82) is 0 Å². The average molecular weight is 386 g/mol. The molecule has 0 aromatic heterocycles. The van der Waals surface area contributed by atoms with Gasteiger partial charge >= 0.3 is 0 Å². The molecule has 1 heterocycles. The number of allylic oxidation sites excluding steroid dienone is 2. The largest absolute Gasteiger partial charge is 0.396 e. The van der Waals surface area contributed by atoms with Gasteiger partial charge in [0.25, 0.3) is 0 Å². The molecule has 4 N–H and O–H groups in total. The smallest absolute Gasteiger partial charge is 0.186 e. The zero-order valence-electron chi connectivity index (χ0n) is 16.9. The molecule has 0 aromatic rings. The first kappa shape index (κ1) is 22.5. The minimum absolute atomic E-state index is 0.0253. The maximum absolute atomic E-state index is 11.2. The first-order valence-electron chi connectivity index (χ1n) is 9.51. The summed E-state index contributed by atoms with van der Waals surface area (Å²) in [5.74, 6) is -3.43. The van der Waals surface area contributed by atoms with E-state index in [9.17, 15) is 25.2 Å². The molecule has 0 bridgehead atoms. The van der Waals surface area contributed by atoms with Crippen molar-refractivity contribution in [3.05, 3.63) is 12.2 Å². The van der Waals surface area contributed by atoms with Crippen molar-refractivity contribution in [2.45, 2.75) is 71.7 Å². The Morgan fingerprint density at radius 1 is 1.22 bits per heavy atom. The van der Waals surface area contributed by atoms with Gasteiger partial charge in [-0.3, -0.25) is 4.79 Å². The topological polar surface area (TPSA) is 116 Å². The second kappa shape index (κ2) is 7.89. The zero-order chi connectivity index (χ0) is 20.6. The number of carbonyl (C=O) groups excluding carboxylic acids is 1. The number of hydrogen-bond donors (Lipinski definition) is 4. The summed E-state index contributed by atoms with van der Waals surface area (Å²) in [5, 5.41) is 39.8. The van der Waals surface area contributed by atoms with Crippen molar-refractivity contribution in [1.82, 2.24) is 0 Å². The molecule has 1 saturated heterocycles. The van der Waals surface area contributed by atoms with Crippen LogP contribution in [0.1, 0.15) is 47.5 Å². The van der Waals surface area contributed by atoms with Gasteiger partial charge < -0.3 is 29.9 Å². The monoisotopic (exact) mass is 386 g/mol. The average Bonchev–Trinajstić information content (AvgIpc) is 2.64. The zero-order valence-corrected chi connectivity index (χ0v) is 16.9. The molecule has 2 aliphatic rings. The van der Waals surface area contributed by atoms with Crippen molar-refractivity contribution >= 4 is 5.78 Å². The van der Waals surface area contributed by atoms with Gasteiger partial charge in [-0.2, -0.15) is 0 Å². The SMILES string of the molecule is CC(=O)C=CC(C)(C)CC(C)(C)CCOC1OC2(O)C(CO)C(O)C(O)C12. The third-order valence-electron chi connectivity index (χ3n) is 5.70. The number of hydrogen-bond acceptors (Lipinski definition) is 7. The van der Waals surface area contributed by atoms with Crippen LogP contribution in [0.25, 0.3) is 0 Å². The lowest BCUT2D eigenvalue weighted by Gasteiger charge is -2.49. The fourth-order valence-corrected chi connectivity index (χ4v) is 4.45. The van der Waals surface area contributed by atoms with E-state index in [1.165, 1.54) is 6.92 Å². The summed E-state index contributed by atoms with van der Waals surface area (Å²) in [6, 6.07) is 0. The molecular formula is C20H34O7. The molecule has 0 amide bonds. The maximum Gasteiger partial charge on any atom is 0.186 e. The van der Waals surface area contributed by atoms with Gasteiger partial charge in [0.05, 0.1) is 37.3 Å². The third kappa shape index (κ3) is 4.78. The molecule has 0 aromatic carbocycles. The highest BCUT2D eigenvalue weighted by Gasteiger charge is 2.71. The van der Waals surface area contributed by atoms with Crippen molar-refractivity contribution in [3.8, 4) is 0 Å². The van der Waals surface area contributed by atoms with Crippen LogP contribution in [-0.2, 0) is 14.3 Å². The van der Waals surface area contributed by atoms with Gasteiger partial charge in [0.2, 0.25) is 0 Å². The molecule has 0 spiro atoms. The lowest BCUT2D eigenvalue weighted by atomic mass is 9.73. The van der Waals surface area contributed by atoms with Crippen molar-refractivity contribution in [2.24, 2.45) is 22.7 Å². The van der Waals surface area contributed by atoms with E-state index in [0.29, 0.717) is 6.61 Å². The number of carbonyl (C=O) groups is 1. The Hall–Kier alpha value is -0.830. The van der Waals surface area contributed by atoms with Gasteiger partial charge in [0.1, 0.15) is 0 Å². The summed E-state index contributed by atoms with van der Waals surface area (Å²) in [6.07, 6.45) is 1.84. The lowest BCUT2D eigenvalue weighted by Crippen LogP contribution is -2.63. The van der Waals surface area contributed by atoms with E-state index < -0.39 is 42.7 Å². The van der Waals surface area contributed by atoms with Crippen LogP contribution in [0.3, 0.4) is 0 Å². The molecule has 1 aliphatic carbocycles. The summed E-state index contributed by atoms with van der Waals surface area (Å²) >= 11 is 0. The predicted octanol–water partition coefficient (Wildman–Crippen LogP) is 0.986. The van der Waals surface area contributed by atoms with Crippen LogP contribution in [0.2, 0.25) is 0 Å². The molecule has 1 saturated carbocycles.